The number of benzene rings is 1. The van der Waals surface area contributed by atoms with Crippen LogP contribution in [-0.2, 0) is 9.53 Å². The maximum absolute atomic E-state index is 12.3. The van der Waals surface area contributed by atoms with Crippen LogP contribution in [0, 0.1) is 0 Å². The van der Waals surface area contributed by atoms with Crippen molar-refractivity contribution in [2.75, 3.05) is 38.2 Å². The van der Waals surface area contributed by atoms with Crippen LogP contribution in [0.4, 0.5) is 5.69 Å². The second-order valence-electron chi connectivity index (χ2n) is 6.73. The van der Waals surface area contributed by atoms with Gasteiger partial charge in [-0.15, -0.1) is 0 Å². The number of nitrogens with zero attached hydrogens (tertiary/aromatic N) is 1. The first-order valence-electron chi connectivity index (χ1n) is 9.23. The van der Waals surface area contributed by atoms with Gasteiger partial charge in [-0.25, -0.2) is 0 Å². The van der Waals surface area contributed by atoms with Gasteiger partial charge in [0.2, 0.25) is 5.91 Å². The molecule has 2 N–H and O–H groups in total. The van der Waals surface area contributed by atoms with E-state index in [1.54, 1.807) is 12.1 Å². The van der Waals surface area contributed by atoms with E-state index in [0.29, 0.717) is 37.9 Å². The highest BCUT2D eigenvalue weighted by atomic mass is 16.5. The lowest BCUT2D eigenvalue weighted by atomic mass is 9.95. The summed E-state index contributed by atoms with van der Waals surface area (Å²) in [6, 6.07) is 7.62. The average molecular weight is 345 g/mol. The van der Waals surface area contributed by atoms with Gasteiger partial charge in [-0.2, -0.15) is 0 Å². The summed E-state index contributed by atoms with van der Waals surface area (Å²) in [6.07, 6.45) is 5.83. The van der Waals surface area contributed by atoms with Crippen LogP contribution in [0.3, 0.4) is 0 Å². The second kappa shape index (κ2) is 8.85. The van der Waals surface area contributed by atoms with Crippen molar-refractivity contribution in [1.82, 2.24) is 10.2 Å². The zero-order valence-electron chi connectivity index (χ0n) is 14.6. The van der Waals surface area contributed by atoms with Crippen molar-refractivity contribution in [3.63, 3.8) is 0 Å². The summed E-state index contributed by atoms with van der Waals surface area (Å²) >= 11 is 0. The van der Waals surface area contributed by atoms with Crippen molar-refractivity contribution in [3.05, 3.63) is 29.8 Å². The predicted molar refractivity (Wildman–Crippen MR) is 96.7 cm³/mol. The summed E-state index contributed by atoms with van der Waals surface area (Å²) in [5.74, 6) is 0.0604. The topological polar surface area (TPSA) is 70.7 Å². The Morgan fingerprint density at radius 3 is 2.40 bits per heavy atom. The van der Waals surface area contributed by atoms with Gasteiger partial charge in [0.25, 0.3) is 5.91 Å². The molecule has 136 valence electrons. The number of rotatable bonds is 5. The highest BCUT2D eigenvalue weighted by Crippen LogP contribution is 2.18. The van der Waals surface area contributed by atoms with Crippen LogP contribution in [0.5, 0.6) is 0 Å². The van der Waals surface area contributed by atoms with Crippen molar-refractivity contribution in [1.29, 1.82) is 0 Å². The van der Waals surface area contributed by atoms with Crippen molar-refractivity contribution in [2.45, 2.75) is 38.1 Å². The van der Waals surface area contributed by atoms with E-state index in [0.717, 1.165) is 18.5 Å². The third-order valence-electron chi connectivity index (χ3n) is 4.90. The number of morpholine rings is 1. The first-order valence-corrected chi connectivity index (χ1v) is 9.23. The van der Waals surface area contributed by atoms with E-state index < -0.39 is 0 Å². The van der Waals surface area contributed by atoms with E-state index in [9.17, 15) is 9.59 Å². The van der Waals surface area contributed by atoms with Gasteiger partial charge in [0.15, 0.2) is 0 Å². The van der Waals surface area contributed by atoms with Crippen LogP contribution in [0.25, 0.3) is 0 Å². The van der Waals surface area contributed by atoms with E-state index in [1.165, 1.54) is 19.3 Å². The third kappa shape index (κ3) is 5.19. The van der Waals surface area contributed by atoms with Gasteiger partial charge in [0, 0.05) is 30.4 Å². The lowest BCUT2D eigenvalue weighted by molar-refractivity contribution is -0.133. The fourth-order valence-electron chi connectivity index (χ4n) is 3.36. The zero-order chi connectivity index (χ0) is 17.5. The minimum absolute atomic E-state index is 0.0113. The molecule has 2 aliphatic rings. The molecule has 2 amide bonds. The molecule has 1 aliphatic heterocycles. The largest absolute Gasteiger partial charge is 0.378 e. The fraction of sp³-hybridized carbons (Fsp3) is 0.579. The summed E-state index contributed by atoms with van der Waals surface area (Å²) < 4.78 is 5.25. The number of ether oxygens (including phenoxy) is 1. The quantitative estimate of drug-likeness (QED) is 0.856. The van der Waals surface area contributed by atoms with Gasteiger partial charge in [-0.1, -0.05) is 19.3 Å². The normalized spacial score (nSPS) is 18.6. The number of hydrogen-bond donors (Lipinski definition) is 2. The molecule has 0 atom stereocenters. The van der Waals surface area contributed by atoms with Crippen LogP contribution < -0.4 is 10.6 Å². The fourth-order valence-corrected chi connectivity index (χ4v) is 3.36. The Hall–Kier alpha value is -2.08. The minimum Gasteiger partial charge on any atom is -0.378 e. The molecule has 1 heterocycles. The third-order valence-corrected chi connectivity index (χ3v) is 4.90. The van der Waals surface area contributed by atoms with Crippen LogP contribution in [0.2, 0.25) is 0 Å². The van der Waals surface area contributed by atoms with Gasteiger partial charge in [-0.05, 0) is 37.1 Å². The molecule has 1 aromatic carbocycles. The smallest absolute Gasteiger partial charge is 0.251 e. The summed E-state index contributed by atoms with van der Waals surface area (Å²) in [5, 5.41) is 6.24. The first kappa shape index (κ1) is 17.7. The molecule has 6 nitrogen and oxygen atoms in total. The zero-order valence-corrected chi connectivity index (χ0v) is 14.6. The summed E-state index contributed by atoms with van der Waals surface area (Å²) in [5.41, 5.74) is 1.51. The van der Waals surface area contributed by atoms with Crippen LogP contribution in [0.15, 0.2) is 24.3 Å². The second-order valence-corrected chi connectivity index (χ2v) is 6.73. The molecule has 2 fully saturated rings. The van der Waals surface area contributed by atoms with Crippen LogP contribution >= 0.6 is 0 Å². The maximum atomic E-state index is 12.3. The Kier molecular flexibility index (Phi) is 6.28. The lowest BCUT2D eigenvalue weighted by Gasteiger charge is -2.27. The molecule has 3 rings (SSSR count). The maximum Gasteiger partial charge on any atom is 0.251 e. The van der Waals surface area contributed by atoms with E-state index in [4.69, 9.17) is 4.74 Å². The number of carbonyl (C=O) groups is 2. The monoisotopic (exact) mass is 345 g/mol. The SMILES string of the molecule is O=C(NC1CCCCC1)c1ccc(NCC(=O)N2CCOCC2)cc1. The Morgan fingerprint density at radius 1 is 1.04 bits per heavy atom. The Labute approximate surface area is 148 Å². The average Bonchev–Trinajstić information content (AvgIpc) is 2.68. The number of hydrogen-bond acceptors (Lipinski definition) is 4. The minimum atomic E-state index is -0.0113. The molecule has 25 heavy (non-hydrogen) atoms. The predicted octanol–water partition coefficient (Wildman–Crippen LogP) is 2.02. The number of amides is 2. The molecule has 1 aliphatic carbocycles. The molecule has 0 unspecified atom stereocenters. The van der Waals surface area contributed by atoms with Crippen molar-refractivity contribution >= 4 is 17.5 Å². The number of nitrogens with one attached hydrogen (secondary N) is 2. The molecule has 6 heteroatoms. The van der Waals surface area contributed by atoms with E-state index >= 15 is 0 Å². The van der Waals surface area contributed by atoms with Crippen LogP contribution in [0.1, 0.15) is 42.5 Å². The Balaban J connectivity index is 1.46. The van der Waals surface area contributed by atoms with Gasteiger partial charge in [0.1, 0.15) is 0 Å². The first-order chi connectivity index (χ1) is 12.2. The van der Waals surface area contributed by atoms with Gasteiger partial charge < -0.3 is 20.3 Å². The molecule has 1 saturated heterocycles. The van der Waals surface area contributed by atoms with E-state index in [2.05, 4.69) is 10.6 Å². The highest BCUT2D eigenvalue weighted by molar-refractivity contribution is 5.94. The van der Waals surface area contributed by atoms with E-state index in [1.807, 2.05) is 17.0 Å². The highest BCUT2D eigenvalue weighted by Gasteiger charge is 2.17. The lowest BCUT2D eigenvalue weighted by Crippen LogP contribution is -2.43. The molecule has 0 radical (unpaired) electrons. The standard InChI is InChI=1S/C19H27N3O3/c23-18(22-10-12-25-13-11-22)14-20-16-8-6-15(7-9-16)19(24)21-17-4-2-1-3-5-17/h6-9,17,20H,1-5,10-14H2,(H,21,24). The van der Waals surface area contributed by atoms with Gasteiger partial charge >= 0.3 is 0 Å². The molecular weight excluding hydrogens is 318 g/mol. The summed E-state index contributed by atoms with van der Waals surface area (Å²) in [4.78, 5) is 26.2. The van der Waals surface area contributed by atoms with Crippen molar-refractivity contribution in [2.24, 2.45) is 0 Å². The Bertz CT molecular complexity index is 576. The molecule has 0 bridgehead atoms. The summed E-state index contributed by atoms with van der Waals surface area (Å²) in [6.45, 7) is 2.78. The van der Waals surface area contributed by atoms with Crippen LogP contribution in [-0.4, -0.2) is 55.6 Å². The number of anilines is 1. The van der Waals surface area contributed by atoms with Gasteiger partial charge in [-0.3, -0.25) is 9.59 Å². The molecule has 1 aromatic rings. The summed E-state index contributed by atoms with van der Waals surface area (Å²) in [7, 11) is 0. The van der Waals surface area contributed by atoms with Gasteiger partial charge in [0.05, 0.1) is 19.8 Å². The molecule has 0 aromatic heterocycles. The molecule has 1 saturated carbocycles. The van der Waals surface area contributed by atoms with Crippen molar-refractivity contribution < 1.29 is 14.3 Å². The molecule has 0 spiro atoms. The molecular formula is C19H27N3O3. The number of carbonyl (C=O) groups excluding carboxylic acids is 2. The Morgan fingerprint density at radius 2 is 1.72 bits per heavy atom. The van der Waals surface area contributed by atoms with Crippen molar-refractivity contribution in [3.8, 4) is 0 Å². The van der Waals surface area contributed by atoms with E-state index in [-0.39, 0.29) is 18.4 Å².